The van der Waals surface area contributed by atoms with Crippen LogP contribution in [-0.4, -0.2) is 16.8 Å². The Morgan fingerprint density at radius 3 is 2.38 bits per heavy atom. The Morgan fingerprint density at radius 2 is 1.65 bits per heavy atom. The lowest BCUT2D eigenvalue weighted by Crippen LogP contribution is -2.29. The fraction of sp³-hybridized carbons (Fsp3) is 0.185. The number of ketones is 1. The third kappa shape index (κ3) is 3.79. The van der Waals surface area contributed by atoms with Crippen LogP contribution >= 0.6 is 23.2 Å². The molecule has 0 aromatic heterocycles. The number of rotatable bonds is 3. The molecule has 3 aromatic rings. The molecule has 0 bridgehead atoms. The van der Waals surface area contributed by atoms with Crippen molar-refractivity contribution in [2.75, 3.05) is 4.90 Å². The summed E-state index contributed by atoms with van der Waals surface area (Å²) in [6, 6.07) is 14.7. The van der Waals surface area contributed by atoms with Crippen molar-refractivity contribution in [2.45, 2.75) is 31.7 Å². The van der Waals surface area contributed by atoms with Crippen molar-refractivity contribution in [1.82, 2.24) is 0 Å². The van der Waals surface area contributed by atoms with Gasteiger partial charge < -0.3 is 5.11 Å². The van der Waals surface area contributed by atoms with E-state index < -0.39 is 23.5 Å². The minimum absolute atomic E-state index is 0.0901. The second-order valence-corrected chi connectivity index (χ2v) is 9.29. The Hall–Kier alpha value is -3.15. The largest absolute Gasteiger partial charge is 0.507 e. The molecule has 1 unspecified atom stereocenters. The number of fused-ring (bicyclic) bond motifs is 1. The molecule has 1 saturated heterocycles. The summed E-state index contributed by atoms with van der Waals surface area (Å²) in [7, 11) is 0. The van der Waals surface area contributed by atoms with E-state index in [1.165, 1.54) is 42.0 Å². The van der Waals surface area contributed by atoms with Gasteiger partial charge in [-0.15, -0.1) is 0 Å². The zero-order valence-electron chi connectivity index (χ0n) is 18.0. The number of hydrogen-bond donors (Lipinski definition) is 1. The fourth-order valence-corrected chi connectivity index (χ4v) is 5.05. The molecule has 1 aliphatic carbocycles. The van der Waals surface area contributed by atoms with Gasteiger partial charge >= 0.3 is 0 Å². The van der Waals surface area contributed by atoms with Crippen LogP contribution < -0.4 is 4.90 Å². The van der Waals surface area contributed by atoms with Crippen LogP contribution in [0.5, 0.6) is 0 Å². The molecule has 0 spiro atoms. The van der Waals surface area contributed by atoms with Crippen molar-refractivity contribution in [2.24, 2.45) is 0 Å². The molecule has 0 saturated carbocycles. The number of Topliss-reactive ketones (excluding diaryl/α,β-unsaturated/α-hetero) is 1. The fourth-order valence-electron chi connectivity index (χ4n) is 4.76. The molecule has 4 nitrogen and oxygen atoms in total. The van der Waals surface area contributed by atoms with Crippen LogP contribution in [0.1, 0.15) is 41.1 Å². The SMILES string of the molecule is O=C1C(=O)N(c2ccc(Cl)c(Cl)c2)C(c2ccccc2F)/C1=C(\O)c1ccc2c(c1)CCCC2. The minimum atomic E-state index is -1.17. The summed E-state index contributed by atoms with van der Waals surface area (Å²) in [6.07, 6.45) is 4.01. The quantitative estimate of drug-likeness (QED) is 0.251. The number of halogens is 3. The summed E-state index contributed by atoms with van der Waals surface area (Å²) >= 11 is 12.2. The number of benzene rings is 3. The van der Waals surface area contributed by atoms with Crippen molar-refractivity contribution < 1.29 is 19.1 Å². The van der Waals surface area contributed by atoms with Gasteiger partial charge in [0.25, 0.3) is 11.7 Å². The highest BCUT2D eigenvalue weighted by molar-refractivity contribution is 6.52. The van der Waals surface area contributed by atoms with E-state index in [1.807, 2.05) is 12.1 Å². The molecule has 1 heterocycles. The molecule has 1 fully saturated rings. The zero-order chi connectivity index (χ0) is 24.0. The smallest absolute Gasteiger partial charge is 0.300 e. The van der Waals surface area contributed by atoms with E-state index in [4.69, 9.17) is 23.2 Å². The van der Waals surface area contributed by atoms with Gasteiger partial charge in [-0.1, -0.05) is 53.5 Å². The van der Waals surface area contributed by atoms with Crippen LogP contribution in [0.15, 0.2) is 66.2 Å². The predicted molar refractivity (Wildman–Crippen MR) is 131 cm³/mol. The maximum Gasteiger partial charge on any atom is 0.300 e. The highest BCUT2D eigenvalue weighted by Crippen LogP contribution is 2.44. The standard InChI is InChI=1S/C27H20Cl2FNO3/c28-20-12-11-18(14-21(20)29)31-24(19-7-3-4-8-22(19)30)23(26(33)27(31)34)25(32)17-10-9-15-5-1-2-6-16(15)13-17/h3-4,7-14,24,32H,1-2,5-6H2/b25-23+. The summed E-state index contributed by atoms with van der Waals surface area (Å²) < 4.78 is 15.0. The van der Waals surface area contributed by atoms with Gasteiger partial charge in [-0.05, 0) is 67.1 Å². The van der Waals surface area contributed by atoms with Crippen molar-refractivity contribution >= 4 is 46.3 Å². The van der Waals surface area contributed by atoms with Gasteiger partial charge in [-0.2, -0.15) is 0 Å². The topological polar surface area (TPSA) is 57.6 Å². The number of aryl methyl sites for hydroxylation is 2. The van der Waals surface area contributed by atoms with Gasteiger partial charge in [0.05, 0.1) is 21.7 Å². The molecular weight excluding hydrogens is 476 g/mol. The number of hydrogen-bond acceptors (Lipinski definition) is 3. The second kappa shape index (κ2) is 8.90. The van der Waals surface area contributed by atoms with Crippen molar-refractivity contribution in [3.05, 3.63) is 104 Å². The van der Waals surface area contributed by atoms with E-state index in [9.17, 15) is 19.1 Å². The summed E-state index contributed by atoms with van der Waals surface area (Å²) in [5.74, 6) is -2.71. The van der Waals surface area contributed by atoms with E-state index in [1.54, 1.807) is 12.1 Å². The predicted octanol–water partition coefficient (Wildman–Crippen LogP) is 6.64. The number of aliphatic hydroxyl groups is 1. The number of anilines is 1. The Labute approximate surface area is 206 Å². The maximum absolute atomic E-state index is 15.0. The monoisotopic (exact) mass is 495 g/mol. The van der Waals surface area contributed by atoms with Gasteiger partial charge in [0.1, 0.15) is 11.6 Å². The molecule has 1 aliphatic heterocycles. The van der Waals surface area contributed by atoms with Crippen LogP contribution in [0, 0.1) is 5.82 Å². The van der Waals surface area contributed by atoms with Gasteiger partial charge in [0.2, 0.25) is 0 Å². The molecule has 34 heavy (non-hydrogen) atoms. The van der Waals surface area contributed by atoms with E-state index in [2.05, 4.69) is 0 Å². The average Bonchev–Trinajstić information content (AvgIpc) is 3.10. The highest BCUT2D eigenvalue weighted by Gasteiger charge is 2.48. The Bertz CT molecular complexity index is 1370. The summed E-state index contributed by atoms with van der Waals surface area (Å²) in [4.78, 5) is 27.6. The van der Waals surface area contributed by atoms with E-state index in [-0.39, 0.29) is 32.6 Å². The van der Waals surface area contributed by atoms with E-state index in [0.717, 1.165) is 36.1 Å². The first kappa shape index (κ1) is 22.6. The third-order valence-electron chi connectivity index (χ3n) is 6.45. The number of nitrogens with zero attached hydrogens (tertiary/aromatic N) is 1. The first-order chi connectivity index (χ1) is 16.4. The van der Waals surface area contributed by atoms with Crippen LogP contribution in [0.2, 0.25) is 10.0 Å². The highest BCUT2D eigenvalue weighted by atomic mass is 35.5. The molecule has 2 aliphatic rings. The van der Waals surface area contributed by atoms with E-state index in [0.29, 0.717) is 5.56 Å². The summed E-state index contributed by atoms with van der Waals surface area (Å²) in [5, 5.41) is 11.8. The van der Waals surface area contributed by atoms with Crippen molar-refractivity contribution in [1.29, 1.82) is 0 Å². The maximum atomic E-state index is 15.0. The zero-order valence-corrected chi connectivity index (χ0v) is 19.5. The lowest BCUT2D eigenvalue weighted by molar-refractivity contribution is -0.132. The molecule has 172 valence electrons. The van der Waals surface area contributed by atoms with Crippen LogP contribution in [0.4, 0.5) is 10.1 Å². The third-order valence-corrected chi connectivity index (χ3v) is 7.19. The number of aliphatic hydroxyl groups excluding tert-OH is 1. The Balaban J connectivity index is 1.72. The number of carbonyl (C=O) groups is 2. The molecule has 3 aromatic carbocycles. The summed E-state index contributed by atoms with van der Waals surface area (Å²) in [5.41, 5.74) is 2.94. The molecule has 0 radical (unpaired) electrons. The van der Waals surface area contributed by atoms with Crippen molar-refractivity contribution in [3.63, 3.8) is 0 Å². The minimum Gasteiger partial charge on any atom is -0.507 e. The molecule has 5 rings (SSSR count). The van der Waals surface area contributed by atoms with Crippen LogP contribution in [-0.2, 0) is 22.4 Å². The number of carbonyl (C=O) groups excluding carboxylic acids is 2. The number of amides is 1. The van der Waals surface area contributed by atoms with Gasteiger partial charge in [0.15, 0.2) is 0 Å². The van der Waals surface area contributed by atoms with E-state index >= 15 is 0 Å². The normalized spacial score (nSPS) is 19.4. The molecule has 1 N–H and O–H groups in total. The molecule has 1 atom stereocenters. The van der Waals surface area contributed by atoms with Gasteiger partial charge in [-0.3, -0.25) is 14.5 Å². The Kier molecular flexibility index (Phi) is 5.92. The summed E-state index contributed by atoms with van der Waals surface area (Å²) in [6.45, 7) is 0. The average molecular weight is 496 g/mol. The Morgan fingerprint density at radius 1 is 0.912 bits per heavy atom. The van der Waals surface area contributed by atoms with Crippen LogP contribution in [0.25, 0.3) is 5.76 Å². The lowest BCUT2D eigenvalue weighted by Gasteiger charge is -2.26. The molecule has 7 heteroatoms. The first-order valence-electron chi connectivity index (χ1n) is 11.0. The lowest BCUT2D eigenvalue weighted by atomic mass is 9.88. The second-order valence-electron chi connectivity index (χ2n) is 8.48. The van der Waals surface area contributed by atoms with Gasteiger partial charge in [0, 0.05) is 16.8 Å². The van der Waals surface area contributed by atoms with Crippen LogP contribution in [0.3, 0.4) is 0 Å². The first-order valence-corrected chi connectivity index (χ1v) is 11.7. The molecular formula is C27H20Cl2FNO3. The van der Waals surface area contributed by atoms with Gasteiger partial charge in [-0.25, -0.2) is 4.39 Å². The van der Waals surface area contributed by atoms with Crippen molar-refractivity contribution in [3.8, 4) is 0 Å². The molecule has 1 amide bonds.